The quantitative estimate of drug-likeness (QED) is 0.917. The van der Waals surface area contributed by atoms with E-state index in [1.807, 2.05) is 56.3 Å². The van der Waals surface area contributed by atoms with E-state index in [0.717, 1.165) is 11.3 Å². The number of carbonyl (C=O) groups is 1. The number of para-hydroxylation sites is 2. The van der Waals surface area contributed by atoms with Crippen molar-refractivity contribution in [1.82, 2.24) is 5.32 Å². The molecule has 5 nitrogen and oxygen atoms in total. The number of fused-ring (bicyclic) bond motifs is 1. The molecular formula is C19H21NO4. The fourth-order valence-corrected chi connectivity index (χ4v) is 2.56. The van der Waals surface area contributed by atoms with Gasteiger partial charge in [0.1, 0.15) is 12.4 Å². The number of ether oxygens (including phenoxy) is 3. The Kier molecular flexibility index (Phi) is 4.89. The third-order valence-electron chi connectivity index (χ3n) is 3.85. The lowest BCUT2D eigenvalue weighted by Crippen LogP contribution is -2.44. The average molecular weight is 327 g/mol. The van der Waals surface area contributed by atoms with Crippen LogP contribution in [-0.2, 0) is 4.79 Å². The Balaban J connectivity index is 1.60. The van der Waals surface area contributed by atoms with E-state index in [1.54, 1.807) is 6.07 Å². The van der Waals surface area contributed by atoms with E-state index in [9.17, 15) is 4.79 Å². The summed E-state index contributed by atoms with van der Waals surface area (Å²) < 4.78 is 16.7. The van der Waals surface area contributed by atoms with Gasteiger partial charge in [0, 0.05) is 0 Å². The van der Waals surface area contributed by atoms with Crippen molar-refractivity contribution in [3.63, 3.8) is 0 Å². The molecule has 1 aliphatic heterocycles. The first kappa shape index (κ1) is 16.2. The molecule has 5 heteroatoms. The smallest absolute Gasteiger partial charge is 0.265 e. The number of amides is 1. The lowest BCUT2D eigenvalue weighted by molar-refractivity contribution is -0.131. The molecule has 3 rings (SSSR count). The van der Waals surface area contributed by atoms with Crippen LogP contribution in [0, 0.1) is 0 Å². The van der Waals surface area contributed by atoms with Crippen LogP contribution in [0.4, 0.5) is 0 Å². The zero-order chi connectivity index (χ0) is 16.9. The molecule has 0 spiro atoms. The van der Waals surface area contributed by atoms with Gasteiger partial charge >= 0.3 is 0 Å². The highest BCUT2D eigenvalue weighted by Gasteiger charge is 2.28. The Morgan fingerprint density at radius 3 is 2.62 bits per heavy atom. The Morgan fingerprint density at radius 2 is 1.92 bits per heavy atom. The van der Waals surface area contributed by atoms with Crippen molar-refractivity contribution in [3.05, 3.63) is 54.1 Å². The number of hydrogen-bond acceptors (Lipinski definition) is 4. The van der Waals surface area contributed by atoms with E-state index in [1.165, 1.54) is 0 Å². The third kappa shape index (κ3) is 3.62. The molecule has 2 aromatic carbocycles. The van der Waals surface area contributed by atoms with Crippen LogP contribution in [0.3, 0.4) is 0 Å². The summed E-state index contributed by atoms with van der Waals surface area (Å²) >= 11 is 0. The van der Waals surface area contributed by atoms with Crippen LogP contribution in [0.1, 0.15) is 25.5 Å². The van der Waals surface area contributed by atoms with Crippen LogP contribution in [0.25, 0.3) is 0 Å². The molecule has 0 aliphatic carbocycles. The molecular weight excluding hydrogens is 306 g/mol. The van der Waals surface area contributed by atoms with E-state index in [-0.39, 0.29) is 18.6 Å². The van der Waals surface area contributed by atoms with Crippen LogP contribution in [0.2, 0.25) is 0 Å². The molecule has 24 heavy (non-hydrogen) atoms. The van der Waals surface area contributed by atoms with Gasteiger partial charge in [0.15, 0.2) is 11.5 Å². The molecule has 2 atom stereocenters. The van der Waals surface area contributed by atoms with E-state index in [2.05, 4.69) is 5.32 Å². The molecule has 0 aromatic heterocycles. The minimum absolute atomic E-state index is 0.131. The monoisotopic (exact) mass is 327 g/mol. The van der Waals surface area contributed by atoms with Gasteiger partial charge in [0.2, 0.25) is 6.10 Å². The van der Waals surface area contributed by atoms with Crippen LogP contribution in [0.15, 0.2) is 48.5 Å². The van der Waals surface area contributed by atoms with Gasteiger partial charge in [-0.3, -0.25) is 4.79 Å². The van der Waals surface area contributed by atoms with E-state index in [0.29, 0.717) is 18.1 Å². The molecule has 0 radical (unpaired) electrons. The van der Waals surface area contributed by atoms with Crippen molar-refractivity contribution in [2.24, 2.45) is 0 Å². The van der Waals surface area contributed by atoms with E-state index in [4.69, 9.17) is 14.2 Å². The normalized spacial score (nSPS) is 17.0. The average Bonchev–Trinajstić information content (AvgIpc) is 2.62. The zero-order valence-electron chi connectivity index (χ0n) is 13.8. The number of rotatable bonds is 5. The number of nitrogens with one attached hydrogen (secondary N) is 1. The Bertz CT molecular complexity index is 699. The molecule has 1 amide bonds. The highest BCUT2D eigenvalue weighted by atomic mass is 16.6. The number of benzene rings is 2. The van der Waals surface area contributed by atoms with Crippen molar-refractivity contribution < 1.29 is 19.0 Å². The van der Waals surface area contributed by atoms with Gasteiger partial charge in [-0.05, 0) is 43.7 Å². The van der Waals surface area contributed by atoms with Crippen molar-refractivity contribution in [2.75, 3.05) is 13.2 Å². The van der Waals surface area contributed by atoms with Gasteiger partial charge in [-0.1, -0.05) is 24.3 Å². The summed E-state index contributed by atoms with van der Waals surface area (Å²) in [7, 11) is 0. The summed E-state index contributed by atoms with van der Waals surface area (Å²) in [4.78, 5) is 12.4. The Morgan fingerprint density at radius 1 is 1.21 bits per heavy atom. The second kappa shape index (κ2) is 7.25. The molecule has 1 aliphatic rings. The Hall–Kier alpha value is -2.69. The summed E-state index contributed by atoms with van der Waals surface area (Å²) in [6.07, 6.45) is -0.648. The van der Waals surface area contributed by atoms with Gasteiger partial charge in [0.25, 0.3) is 5.91 Å². The maximum atomic E-state index is 12.4. The predicted molar refractivity (Wildman–Crippen MR) is 90.5 cm³/mol. The predicted octanol–water partition coefficient (Wildman–Crippen LogP) is 3.10. The minimum Gasteiger partial charge on any atom is -0.494 e. The van der Waals surface area contributed by atoms with Gasteiger partial charge in [-0.25, -0.2) is 0 Å². The third-order valence-corrected chi connectivity index (χ3v) is 3.85. The van der Waals surface area contributed by atoms with Crippen molar-refractivity contribution >= 4 is 5.91 Å². The fourth-order valence-electron chi connectivity index (χ4n) is 2.56. The first-order valence-corrected chi connectivity index (χ1v) is 8.09. The topological polar surface area (TPSA) is 56.8 Å². The van der Waals surface area contributed by atoms with Crippen molar-refractivity contribution in [3.8, 4) is 17.2 Å². The summed E-state index contributed by atoms with van der Waals surface area (Å²) in [5.41, 5.74) is 1.00. The van der Waals surface area contributed by atoms with Crippen molar-refractivity contribution in [1.29, 1.82) is 0 Å². The minimum atomic E-state index is -0.648. The zero-order valence-corrected chi connectivity index (χ0v) is 13.8. The molecule has 1 heterocycles. The largest absolute Gasteiger partial charge is 0.494 e. The Labute approximate surface area is 141 Å². The first-order valence-electron chi connectivity index (χ1n) is 8.09. The van der Waals surface area contributed by atoms with Crippen molar-refractivity contribution in [2.45, 2.75) is 26.0 Å². The maximum absolute atomic E-state index is 12.4. The van der Waals surface area contributed by atoms with Gasteiger partial charge < -0.3 is 19.5 Å². The second-order valence-corrected chi connectivity index (χ2v) is 5.60. The van der Waals surface area contributed by atoms with Gasteiger partial charge in [0.05, 0.1) is 12.6 Å². The summed E-state index contributed by atoms with van der Waals surface area (Å²) in [6.45, 7) is 4.72. The summed E-state index contributed by atoms with van der Waals surface area (Å²) in [5, 5.41) is 2.96. The van der Waals surface area contributed by atoms with Crippen LogP contribution >= 0.6 is 0 Å². The number of carbonyl (C=O) groups excluding carboxylic acids is 1. The molecule has 0 fully saturated rings. The fraction of sp³-hybridized carbons (Fsp3) is 0.316. The highest BCUT2D eigenvalue weighted by molar-refractivity contribution is 5.82. The molecule has 1 N–H and O–H groups in total. The van der Waals surface area contributed by atoms with Crippen LogP contribution in [-0.4, -0.2) is 25.2 Å². The summed E-state index contributed by atoms with van der Waals surface area (Å²) in [5.74, 6) is 1.89. The molecule has 0 unspecified atom stereocenters. The summed E-state index contributed by atoms with van der Waals surface area (Å²) in [6, 6.07) is 14.9. The van der Waals surface area contributed by atoms with Crippen LogP contribution in [0.5, 0.6) is 17.2 Å². The lowest BCUT2D eigenvalue weighted by Gasteiger charge is -2.26. The molecule has 126 valence electrons. The highest BCUT2D eigenvalue weighted by Crippen LogP contribution is 2.31. The number of hydrogen-bond donors (Lipinski definition) is 1. The van der Waals surface area contributed by atoms with Gasteiger partial charge in [-0.15, -0.1) is 0 Å². The molecule has 0 bridgehead atoms. The second-order valence-electron chi connectivity index (χ2n) is 5.60. The molecule has 2 aromatic rings. The van der Waals surface area contributed by atoms with Crippen LogP contribution < -0.4 is 19.5 Å². The van der Waals surface area contributed by atoms with E-state index >= 15 is 0 Å². The maximum Gasteiger partial charge on any atom is 0.265 e. The standard InChI is InChI=1S/C19H21NO4/c1-3-22-15-10-8-14(9-11-15)13(2)20-19(21)18-12-23-16-6-4-5-7-17(16)24-18/h4-11,13,18H,3,12H2,1-2H3,(H,20,21)/t13-,18-/m1/s1. The van der Waals surface area contributed by atoms with E-state index < -0.39 is 6.10 Å². The van der Waals surface area contributed by atoms with Gasteiger partial charge in [-0.2, -0.15) is 0 Å². The first-order chi connectivity index (χ1) is 11.7. The lowest BCUT2D eigenvalue weighted by atomic mass is 10.1. The molecule has 0 saturated carbocycles. The SMILES string of the molecule is CCOc1ccc([C@@H](C)NC(=O)[C@H]2COc3ccccc3O2)cc1. The molecule has 0 saturated heterocycles.